The van der Waals surface area contributed by atoms with Crippen LogP contribution in [-0.4, -0.2) is 0 Å². The van der Waals surface area contributed by atoms with E-state index in [2.05, 4.69) is 5.43 Å². The molecule has 1 unspecified atom stereocenters. The normalized spacial score (nSPS) is 12.5. The van der Waals surface area contributed by atoms with Gasteiger partial charge in [-0.25, -0.2) is 9.82 Å². The van der Waals surface area contributed by atoms with Gasteiger partial charge in [-0.1, -0.05) is 35.9 Å². The summed E-state index contributed by atoms with van der Waals surface area (Å²) in [5.74, 6) is 5.35. The van der Waals surface area contributed by atoms with Gasteiger partial charge in [0.1, 0.15) is 5.82 Å². The number of aryl methyl sites for hydroxylation is 2. The summed E-state index contributed by atoms with van der Waals surface area (Å²) in [6.45, 7) is 3.77. The van der Waals surface area contributed by atoms with Crippen molar-refractivity contribution in [3.8, 4) is 0 Å². The topological polar surface area (TPSA) is 38.0 Å². The molecule has 0 spiro atoms. The number of rotatable bonds is 3. The predicted molar refractivity (Wildman–Crippen MR) is 76.5 cm³/mol. The molecule has 19 heavy (non-hydrogen) atoms. The van der Waals surface area contributed by atoms with Gasteiger partial charge in [0.25, 0.3) is 0 Å². The van der Waals surface area contributed by atoms with Gasteiger partial charge in [-0.15, -0.1) is 0 Å². The third-order valence-corrected chi connectivity index (χ3v) is 3.61. The monoisotopic (exact) mass is 278 g/mol. The molecule has 0 fully saturated rings. The zero-order valence-corrected chi connectivity index (χ0v) is 11.6. The molecule has 0 aliphatic rings. The molecule has 1 atom stereocenters. The van der Waals surface area contributed by atoms with Crippen molar-refractivity contribution < 1.29 is 4.39 Å². The van der Waals surface area contributed by atoms with Crippen LogP contribution in [0.3, 0.4) is 0 Å². The summed E-state index contributed by atoms with van der Waals surface area (Å²) in [6, 6.07) is 10.2. The lowest BCUT2D eigenvalue weighted by atomic mass is 9.96. The van der Waals surface area contributed by atoms with Crippen LogP contribution < -0.4 is 11.3 Å². The Balaban J connectivity index is 2.53. The van der Waals surface area contributed by atoms with Crippen LogP contribution in [0.5, 0.6) is 0 Å². The molecule has 2 aromatic rings. The Bertz CT molecular complexity index is 578. The highest BCUT2D eigenvalue weighted by Gasteiger charge is 2.17. The Morgan fingerprint density at radius 2 is 1.95 bits per heavy atom. The summed E-state index contributed by atoms with van der Waals surface area (Å²) in [5.41, 5.74) is 6.12. The molecule has 0 radical (unpaired) electrons. The van der Waals surface area contributed by atoms with E-state index in [9.17, 15) is 4.39 Å². The van der Waals surface area contributed by atoms with Crippen molar-refractivity contribution in [2.24, 2.45) is 5.84 Å². The van der Waals surface area contributed by atoms with Crippen molar-refractivity contribution in [1.82, 2.24) is 5.43 Å². The second kappa shape index (κ2) is 5.70. The Kier molecular flexibility index (Phi) is 4.20. The number of hydrogen-bond acceptors (Lipinski definition) is 2. The first kappa shape index (κ1) is 14.0. The molecule has 100 valence electrons. The molecule has 0 saturated heterocycles. The highest BCUT2D eigenvalue weighted by molar-refractivity contribution is 6.32. The molecular formula is C15H16ClFN2. The zero-order chi connectivity index (χ0) is 14.0. The van der Waals surface area contributed by atoms with E-state index >= 15 is 0 Å². The van der Waals surface area contributed by atoms with Crippen LogP contribution in [0, 0.1) is 19.7 Å². The van der Waals surface area contributed by atoms with Crippen molar-refractivity contribution >= 4 is 11.6 Å². The van der Waals surface area contributed by atoms with Gasteiger partial charge >= 0.3 is 0 Å². The molecule has 0 saturated carbocycles. The van der Waals surface area contributed by atoms with Crippen LogP contribution in [0.1, 0.15) is 28.3 Å². The summed E-state index contributed by atoms with van der Waals surface area (Å²) in [6.07, 6.45) is 0. The van der Waals surface area contributed by atoms with Crippen LogP contribution in [0.15, 0.2) is 36.4 Å². The van der Waals surface area contributed by atoms with E-state index in [1.165, 1.54) is 12.1 Å². The summed E-state index contributed by atoms with van der Waals surface area (Å²) >= 11 is 6.31. The second-order valence-corrected chi connectivity index (χ2v) is 5.02. The first-order valence-electron chi connectivity index (χ1n) is 6.01. The number of nitrogens with one attached hydrogen (secondary N) is 1. The molecule has 2 nitrogen and oxygen atoms in total. The summed E-state index contributed by atoms with van der Waals surface area (Å²) in [7, 11) is 0. The van der Waals surface area contributed by atoms with Gasteiger partial charge in [-0.3, -0.25) is 5.84 Å². The molecule has 0 aromatic heterocycles. The average Bonchev–Trinajstić information content (AvgIpc) is 2.34. The van der Waals surface area contributed by atoms with Crippen molar-refractivity contribution in [1.29, 1.82) is 0 Å². The maximum Gasteiger partial charge on any atom is 0.123 e. The van der Waals surface area contributed by atoms with Crippen LogP contribution in [0.4, 0.5) is 4.39 Å². The van der Waals surface area contributed by atoms with E-state index in [4.69, 9.17) is 17.4 Å². The van der Waals surface area contributed by atoms with Crippen LogP contribution in [-0.2, 0) is 0 Å². The van der Waals surface area contributed by atoms with Crippen LogP contribution >= 0.6 is 11.6 Å². The van der Waals surface area contributed by atoms with E-state index in [-0.39, 0.29) is 11.9 Å². The van der Waals surface area contributed by atoms with Crippen molar-refractivity contribution in [2.45, 2.75) is 19.9 Å². The minimum absolute atomic E-state index is 0.279. The van der Waals surface area contributed by atoms with Crippen molar-refractivity contribution in [2.75, 3.05) is 0 Å². The highest BCUT2D eigenvalue weighted by atomic mass is 35.5. The molecular weight excluding hydrogens is 263 g/mol. The average molecular weight is 279 g/mol. The molecule has 0 aliphatic heterocycles. The van der Waals surface area contributed by atoms with Crippen molar-refractivity contribution in [3.05, 3.63) is 69.5 Å². The Morgan fingerprint density at radius 3 is 2.58 bits per heavy atom. The third kappa shape index (κ3) is 2.95. The fraction of sp³-hybridized carbons (Fsp3) is 0.200. The van der Waals surface area contributed by atoms with E-state index < -0.39 is 0 Å². The van der Waals surface area contributed by atoms with E-state index in [0.29, 0.717) is 5.02 Å². The third-order valence-electron chi connectivity index (χ3n) is 3.10. The zero-order valence-electron chi connectivity index (χ0n) is 10.9. The Labute approximate surface area is 117 Å². The second-order valence-electron chi connectivity index (χ2n) is 4.64. The highest BCUT2D eigenvalue weighted by Crippen LogP contribution is 2.30. The van der Waals surface area contributed by atoms with Crippen LogP contribution in [0.2, 0.25) is 5.02 Å². The Morgan fingerprint density at radius 1 is 1.21 bits per heavy atom. The number of benzene rings is 2. The maximum atomic E-state index is 13.5. The fourth-order valence-corrected chi connectivity index (χ4v) is 2.42. The van der Waals surface area contributed by atoms with Gasteiger partial charge in [-0.2, -0.15) is 0 Å². The van der Waals surface area contributed by atoms with E-state index in [0.717, 1.165) is 22.3 Å². The minimum atomic E-state index is -0.332. The smallest absolute Gasteiger partial charge is 0.123 e. The number of hydrazine groups is 1. The van der Waals surface area contributed by atoms with Crippen LogP contribution in [0.25, 0.3) is 0 Å². The standard InChI is InChI=1S/C15H16ClFN2/c1-9-6-11(8-12(17)7-9)15(19-18)13-5-3-4-10(2)14(13)16/h3-8,15,19H,18H2,1-2H3. The lowest BCUT2D eigenvalue weighted by molar-refractivity contribution is 0.604. The summed E-state index contributed by atoms with van der Waals surface area (Å²) in [5, 5.41) is 0.646. The fourth-order valence-electron chi connectivity index (χ4n) is 2.19. The van der Waals surface area contributed by atoms with Gasteiger partial charge in [0.05, 0.1) is 6.04 Å². The molecule has 4 heteroatoms. The summed E-state index contributed by atoms with van der Waals surface area (Å²) < 4.78 is 13.5. The lowest BCUT2D eigenvalue weighted by Gasteiger charge is -2.19. The lowest BCUT2D eigenvalue weighted by Crippen LogP contribution is -2.29. The number of nitrogens with two attached hydrogens (primary N) is 1. The molecule has 0 amide bonds. The molecule has 0 heterocycles. The SMILES string of the molecule is Cc1cc(F)cc(C(NN)c2cccc(C)c2Cl)c1. The van der Waals surface area contributed by atoms with E-state index in [1.807, 2.05) is 38.1 Å². The number of halogens is 2. The van der Waals surface area contributed by atoms with Gasteiger partial charge in [-0.05, 0) is 48.2 Å². The quantitative estimate of drug-likeness (QED) is 0.664. The largest absolute Gasteiger partial charge is 0.271 e. The molecule has 2 rings (SSSR count). The van der Waals surface area contributed by atoms with Gasteiger partial charge in [0.15, 0.2) is 0 Å². The van der Waals surface area contributed by atoms with E-state index in [1.54, 1.807) is 0 Å². The van der Waals surface area contributed by atoms with Gasteiger partial charge in [0, 0.05) is 5.02 Å². The maximum absolute atomic E-state index is 13.5. The minimum Gasteiger partial charge on any atom is -0.271 e. The first-order valence-corrected chi connectivity index (χ1v) is 6.39. The molecule has 3 N–H and O–H groups in total. The molecule has 2 aromatic carbocycles. The van der Waals surface area contributed by atoms with Crippen molar-refractivity contribution in [3.63, 3.8) is 0 Å². The summed E-state index contributed by atoms with van der Waals surface area (Å²) in [4.78, 5) is 0. The predicted octanol–water partition coefficient (Wildman–Crippen LogP) is 3.65. The van der Waals surface area contributed by atoms with Gasteiger partial charge < -0.3 is 0 Å². The van der Waals surface area contributed by atoms with Gasteiger partial charge in [0.2, 0.25) is 0 Å². The molecule has 0 aliphatic carbocycles. The Hall–Kier alpha value is -1.42. The number of hydrogen-bond donors (Lipinski definition) is 2. The first-order chi connectivity index (χ1) is 9.02. The molecule has 0 bridgehead atoms.